The van der Waals surface area contributed by atoms with E-state index >= 15 is 0 Å². The molecule has 2 aliphatic rings. The molecule has 0 bridgehead atoms. The van der Waals surface area contributed by atoms with Gasteiger partial charge >= 0.3 is 0 Å². The SMILES string of the molecule is c1ccc(C2(CNC3=NCCCN3)CCC2)nc1. The minimum absolute atomic E-state index is 0.225. The highest BCUT2D eigenvalue weighted by atomic mass is 15.2. The van der Waals surface area contributed by atoms with Gasteiger partial charge in [0.1, 0.15) is 0 Å². The number of guanidine groups is 1. The van der Waals surface area contributed by atoms with Gasteiger partial charge in [0.05, 0.1) is 0 Å². The molecule has 1 aliphatic carbocycles. The molecule has 0 saturated heterocycles. The van der Waals surface area contributed by atoms with E-state index in [4.69, 9.17) is 0 Å². The lowest BCUT2D eigenvalue weighted by molar-refractivity contribution is 0.236. The zero-order chi connectivity index (χ0) is 12.3. The van der Waals surface area contributed by atoms with Crippen LogP contribution in [-0.2, 0) is 5.41 Å². The minimum atomic E-state index is 0.225. The van der Waals surface area contributed by atoms with Gasteiger partial charge in [-0.25, -0.2) is 0 Å². The number of hydrogen-bond acceptors (Lipinski definition) is 4. The highest BCUT2D eigenvalue weighted by Crippen LogP contribution is 2.42. The van der Waals surface area contributed by atoms with Gasteiger partial charge in [-0.15, -0.1) is 0 Å². The van der Waals surface area contributed by atoms with Crippen LogP contribution in [0.3, 0.4) is 0 Å². The van der Waals surface area contributed by atoms with E-state index in [1.54, 1.807) is 0 Å². The van der Waals surface area contributed by atoms with E-state index in [-0.39, 0.29) is 5.41 Å². The van der Waals surface area contributed by atoms with E-state index < -0.39 is 0 Å². The van der Waals surface area contributed by atoms with Crippen LogP contribution in [-0.4, -0.2) is 30.6 Å². The second-order valence-corrected chi connectivity index (χ2v) is 5.21. The Bertz CT molecular complexity index is 423. The average Bonchev–Trinajstić information content (AvgIpc) is 2.40. The first-order valence-corrected chi connectivity index (χ1v) is 6.83. The number of hydrogen-bond donors (Lipinski definition) is 2. The number of aliphatic imine (C=N–C) groups is 1. The molecule has 4 heteroatoms. The van der Waals surface area contributed by atoms with Crippen molar-refractivity contribution in [1.82, 2.24) is 15.6 Å². The van der Waals surface area contributed by atoms with Crippen LogP contribution in [0, 0.1) is 0 Å². The Morgan fingerprint density at radius 3 is 2.83 bits per heavy atom. The molecule has 0 amide bonds. The molecule has 1 saturated carbocycles. The highest BCUT2D eigenvalue weighted by molar-refractivity contribution is 5.80. The maximum atomic E-state index is 4.54. The van der Waals surface area contributed by atoms with Crippen LogP contribution in [0.1, 0.15) is 31.4 Å². The van der Waals surface area contributed by atoms with Crippen molar-refractivity contribution in [3.63, 3.8) is 0 Å². The molecule has 1 aliphatic heterocycles. The number of nitrogens with one attached hydrogen (secondary N) is 2. The van der Waals surface area contributed by atoms with Gasteiger partial charge in [-0.05, 0) is 31.4 Å². The number of rotatable bonds is 3. The molecular formula is C14H20N4. The van der Waals surface area contributed by atoms with Crippen molar-refractivity contribution in [3.8, 4) is 0 Å². The second kappa shape index (κ2) is 4.96. The molecule has 0 radical (unpaired) electrons. The van der Waals surface area contributed by atoms with Crippen molar-refractivity contribution in [3.05, 3.63) is 30.1 Å². The monoisotopic (exact) mass is 244 g/mol. The largest absolute Gasteiger partial charge is 0.356 e. The van der Waals surface area contributed by atoms with Crippen LogP contribution in [0.15, 0.2) is 29.4 Å². The Kier molecular flexibility index (Phi) is 3.17. The summed E-state index contributed by atoms with van der Waals surface area (Å²) in [5.74, 6) is 0.962. The summed E-state index contributed by atoms with van der Waals surface area (Å²) in [6.45, 7) is 2.91. The molecular weight excluding hydrogens is 224 g/mol. The Labute approximate surface area is 108 Å². The van der Waals surface area contributed by atoms with E-state index in [0.717, 1.165) is 32.0 Å². The summed E-state index contributed by atoms with van der Waals surface area (Å²) in [5.41, 5.74) is 1.45. The summed E-state index contributed by atoms with van der Waals surface area (Å²) >= 11 is 0. The van der Waals surface area contributed by atoms with Gasteiger partial charge in [0, 0.05) is 36.9 Å². The van der Waals surface area contributed by atoms with E-state index in [9.17, 15) is 0 Å². The van der Waals surface area contributed by atoms with E-state index in [0.29, 0.717) is 0 Å². The van der Waals surface area contributed by atoms with Crippen molar-refractivity contribution in [2.75, 3.05) is 19.6 Å². The lowest BCUT2D eigenvalue weighted by Gasteiger charge is -2.41. The van der Waals surface area contributed by atoms with E-state index in [2.05, 4.69) is 32.7 Å². The van der Waals surface area contributed by atoms with Gasteiger partial charge < -0.3 is 10.6 Å². The highest BCUT2D eigenvalue weighted by Gasteiger charge is 2.39. The Balaban J connectivity index is 1.67. The van der Waals surface area contributed by atoms with Crippen LogP contribution in [0.2, 0.25) is 0 Å². The van der Waals surface area contributed by atoms with Crippen molar-refractivity contribution in [2.45, 2.75) is 31.1 Å². The summed E-state index contributed by atoms with van der Waals surface area (Å²) < 4.78 is 0. The van der Waals surface area contributed by atoms with Crippen LogP contribution < -0.4 is 10.6 Å². The molecule has 2 N–H and O–H groups in total. The molecule has 0 unspecified atom stereocenters. The maximum Gasteiger partial charge on any atom is 0.191 e. The number of pyridine rings is 1. The van der Waals surface area contributed by atoms with Gasteiger partial charge in [0.25, 0.3) is 0 Å². The molecule has 4 nitrogen and oxygen atoms in total. The molecule has 1 fully saturated rings. The average molecular weight is 244 g/mol. The first kappa shape index (κ1) is 11.5. The molecule has 1 aromatic rings. The summed E-state index contributed by atoms with van der Waals surface area (Å²) in [4.78, 5) is 8.99. The second-order valence-electron chi connectivity index (χ2n) is 5.21. The minimum Gasteiger partial charge on any atom is -0.356 e. The maximum absolute atomic E-state index is 4.54. The Morgan fingerprint density at radius 1 is 1.28 bits per heavy atom. The first-order valence-electron chi connectivity index (χ1n) is 6.83. The molecule has 96 valence electrons. The normalized spacial score (nSPS) is 21.4. The Morgan fingerprint density at radius 2 is 2.22 bits per heavy atom. The van der Waals surface area contributed by atoms with Crippen LogP contribution in [0.25, 0.3) is 0 Å². The van der Waals surface area contributed by atoms with Crippen LogP contribution in [0.4, 0.5) is 0 Å². The summed E-state index contributed by atoms with van der Waals surface area (Å²) in [6.07, 6.45) is 6.79. The van der Waals surface area contributed by atoms with Crippen molar-refractivity contribution >= 4 is 5.96 Å². The fourth-order valence-electron chi connectivity index (χ4n) is 2.71. The quantitative estimate of drug-likeness (QED) is 0.846. The number of aromatic nitrogens is 1. The van der Waals surface area contributed by atoms with Gasteiger partial charge in [0.15, 0.2) is 5.96 Å². The Hall–Kier alpha value is -1.58. The van der Waals surface area contributed by atoms with Crippen molar-refractivity contribution in [1.29, 1.82) is 0 Å². The molecule has 0 spiro atoms. The zero-order valence-electron chi connectivity index (χ0n) is 10.7. The lowest BCUT2D eigenvalue weighted by Crippen LogP contribution is -2.50. The zero-order valence-corrected chi connectivity index (χ0v) is 10.7. The standard InChI is InChI=1S/C14H20N4/c1-2-8-15-12(5-1)14(6-3-7-14)11-18-13-16-9-4-10-17-13/h1-2,5,8H,3-4,6-7,9-11H2,(H2,16,17,18). The van der Waals surface area contributed by atoms with Gasteiger partial charge in [-0.3, -0.25) is 9.98 Å². The smallest absolute Gasteiger partial charge is 0.191 e. The molecule has 1 aromatic heterocycles. The number of nitrogens with zero attached hydrogens (tertiary/aromatic N) is 2. The van der Waals surface area contributed by atoms with Crippen LogP contribution >= 0.6 is 0 Å². The predicted octanol–water partition coefficient (Wildman–Crippen LogP) is 1.44. The third kappa shape index (κ3) is 2.19. The van der Waals surface area contributed by atoms with Crippen molar-refractivity contribution in [2.24, 2.45) is 4.99 Å². The molecule has 3 rings (SSSR count). The lowest BCUT2D eigenvalue weighted by atomic mass is 9.66. The summed E-state index contributed by atoms with van der Waals surface area (Å²) in [7, 11) is 0. The predicted molar refractivity (Wildman–Crippen MR) is 72.7 cm³/mol. The third-order valence-electron chi connectivity index (χ3n) is 4.01. The van der Waals surface area contributed by atoms with E-state index in [1.165, 1.54) is 25.0 Å². The van der Waals surface area contributed by atoms with E-state index in [1.807, 2.05) is 12.3 Å². The first-order chi connectivity index (χ1) is 8.89. The molecule has 18 heavy (non-hydrogen) atoms. The third-order valence-corrected chi connectivity index (χ3v) is 4.01. The molecule has 0 atom stereocenters. The van der Waals surface area contributed by atoms with Gasteiger partial charge in [-0.1, -0.05) is 12.5 Å². The van der Waals surface area contributed by atoms with Crippen LogP contribution in [0.5, 0.6) is 0 Å². The molecule has 2 heterocycles. The molecule has 0 aromatic carbocycles. The fourth-order valence-corrected chi connectivity index (χ4v) is 2.71. The van der Waals surface area contributed by atoms with Crippen molar-refractivity contribution < 1.29 is 0 Å². The van der Waals surface area contributed by atoms with Gasteiger partial charge in [0.2, 0.25) is 0 Å². The van der Waals surface area contributed by atoms with Gasteiger partial charge in [-0.2, -0.15) is 0 Å². The fraction of sp³-hybridized carbons (Fsp3) is 0.571. The summed E-state index contributed by atoms with van der Waals surface area (Å²) in [6, 6.07) is 6.21. The summed E-state index contributed by atoms with van der Waals surface area (Å²) in [5, 5.41) is 6.77. The topological polar surface area (TPSA) is 49.3 Å².